The Morgan fingerprint density at radius 2 is 2.11 bits per heavy atom. The van der Waals surface area contributed by atoms with E-state index in [9.17, 15) is 4.79 Å². The van der Waals surface area contributed by atoms with E-state index in [1.165, 1.54) is 25.7 Å². The third-order valence-corrected chi connectivity index (χ3v) is 3.66. The van der Waals surface area contributed by atoms with Crippen LogP contribution in [-0.4, -0.2) is 49.2 Å². The van der Waals surface area contributed by atoms with Crippen LogP contribution in [0.1, 0.15) is 46.5 Å². The zero-order chi connectivity index (χ0) is 13.6. The van der Waals surface area contributed by atoms with Gasteiger partial charge in [0.05, 0.1) is 6.61 Å². The molecule has 0 aliphatic heterocycles. The number of carbonyl (C=O) groups is 1. The van der Waals surface area contributed by atoms with Gasteiger partial charge in [-0.3, -0.25) is 9.69 Å². The number of nitrogens with zero attached hydrogens (tertiary/aromatic N) is 1. The molecular formula is C14H28N2O2. The van der Waals surface area contributed by atoms with Crippen molar-refractivity contribution in [3.8, 4) is 0 Å². The van der Waals surface area contributed by atoms with Gasteiger partial charge in [-0.05, 0) is 46.7 Å². The lowest BCUT2D eigenvalue weighted by atomic mass is 10.0. The van der Waals surface area contributed by atoms with Crippen molar-refractivity contribution in [2.75, 3.05) is 26.7 Å². The minimum Gasteiger partial charge on any atom is -0.465 e. The maximum atomic E-state index is 12.0. The van der Waals surface area contributed by atoms with Crippen molar-refractivity contribution in [3.63, 3.8) is 0 Å². The Balaban J connectivity index is 2.59. The largest absolute Gasteiger partial charge is 0.465 e. The molecule has 0 radical (unpaired) electrons. The molecule has 1 aliphatic carbocycles. The Bertz CT molecular complexity index is 267. The first-order chi connectivity index (χ1) is 8.57. The number of hydrogen-bond acceptors (Lipinski definition) is 4. The first kappa shape index (κ1) is 15.4. The van der Waals surface area contributed by atoms with Gasteiger partial charge in [0, 0.05) is 12.6 Å². The Morgan fingerprint density at radius 3 is 2.56 bits per heavy atom. The molecular weight excluding hydrogens is 228 g/mol. The molecule has 0 spiro atoms. The van der Waals surface area contributed by atoms with E-state index >= 15 is 0 Å². The number of rotatable bonds is 9. The van der Waals surface area contributed by atoms with Gasteiger partial charge in [-0.15, -0.1) is 0 Å². The van der Waals surface area contributed by atoms with Gasteiger partial charge in [-0.25, -0.2) is 0 Å². The molecule has 18 heavy (non-hydrogen) atoms. The number of likely N-dealkylation sites (N-methyl/N-ethyl adjacent to an activating group) is 1. The number of nitrogens with one attached hydrogen (secondary N) is 1. The van der Waals surface area contributed by atoms with Gasteiger partial charge in [0.2, 0.25) is 0 Å². The molecule has 1 atom stereocenters. The van der Waals surface area contributed by atoms with Crippen molar-refractivity contribution in [2.24, 2.45) is 0 Å². The molecule has 1 rings (SSSR count). The Morgan fingerprint density at radius 1 is 1.44 bits per heavy atom. The Hall–Kier alpha value is -0.610. The lowest BCUT2D eigenvalue weighted by Crippen LogP contribution is -2.56. The normalized spacial score (nSPS) is 18.7. The van der Waals surface area contributed by atoms with Crippen molar-refractivity contribution in [1.82, 2.24) is 10.2 Å². The van der Waals surface area contributed by atoms with E-state index in [2.05, 4.69) is 17.1 Å². The van der Waals surface area contributed by atoms with Gasteiger partial charge in [0.1, 0.15) is 5.54 Å². The van der Waals surface area contributed by atoms with Crippen LogP contribution in [0.15, 0.2) is 0 Å². The molecule has 0 saturated heterocycles. The molecule has 0 aromatic heterocycles. The quantitative estimate of drug-likeness (QED) is 0.639. The van der Waals surface area contributed by atoms with Gasteiger partial charge in [-0.1, -0.05) is 13.3 Å². The Kier molecular flexibility index (Phi) is 6.09. The summed E-state index contributed by atoms with van der Waals surface area (Å²) < 4.78 is 5.18. The fraction of sp³-hybridized carbons (Fsp3) is 0.929. The van der Waals surface area contributed by atoms with Crippen LogP contribution in [-0.2, 0) is 9.53 Å². The molecule has 0 bridgehead atoms. The summed E-state index contributed by atoms with van der Waals surface area (Å²) in [6.07, 6.45) is 4.93. The molecule has 0 amide bonds. The van der Waals surface area contributed by atoms with Crippen molar-refractivity contribution >= 4 is 5.97 Å². The molecule has 4 heteroatoms. The second-order valence-electron chi connectivity index (χ2n) is 5.36. The van der Waals surface area contributed by atoms with Crippen molar-refractivity contribution in [2.45, 2.75) is 58.0 Å². The summed E-state index contributed by atoms with van der Waals surface area (Å²) >= 11 is 0. The van der Waals surface area contributed by atoms with Crippen LogP contribution in [0.25, 0.3) is 0 Å². The number of esters is 1. The first-order valence-electron chi connectivity index (χ1n) is 7.17. The molecule has 1 unspecified atom stereocenters. The van der Waals surface area contributed by atoms with Crippen LogP contribution < -0.4 is 5.32 Å². The van der Waals surface area contributed by atoms with Crippen molar-refractivity contribution < 1.29 is 9.53 Å². The molecule has 106 valence electrons. The summed E-state index contributed by atoms with van der Waals surface area (Å²) in [5.41, 5.74) is -0.591. The summed E-state index contributed by atoms with van der Waals surface area (Å²) in [6, 6.07) is 0.679. The predicted octanol–water partition coefficient (Wildman–Crippen LogP) is 1.79. The van der Waals surface area contributed by atoms with Crippen LogP contribution in [0, 0.1) is 0 Å². The molecule has 1 aliphatic rings. The zero-order valence-corrected chi connectivity index (χ0v) is 12.3. The molecule has 1 saturated carbocycles. The summed E-state index contributed by atoms with van der Waals surface area (Å²) in [5.74, 6) is -0.144. The third-order valence-electron chi connectivity index (χ3n) is 3.66. The number of unbranched alkanes of at least 4 members (excludes halogenated alkanes) is 1. The SMILES string of the molecule is CCCCN(CC(C)(NC)C(=O)OCC)C1CC1. The smallest absolute Gasteiger partial charge is 0.327 e. The highest BCUT2D eigenvalue weighted by Gasteiger charge is 2.39. The summed E-state index contributed by atoms with van der Waals surface area (Å²) in [6.45, 7) is 8.25. The molecule has 1 N–H and O–H groups in total. The third kappa shape index (κ3) is 4.25. The minimum absolute atomic E-state index is 0.144. The van der Waals surface area contributed by atoms with Gasteiger partial charge < -0.3 is 10.1 Å². The standard InChI is InChI=1S/C14H28N2O2/c1-5-7-10-16(12-8-9-12)11-14(3,15-4)13(17)18-6-2/h12,15H,5-11H2,1-4H3. The van der Waals surface area contributed by atoms with Crippen molar-refractivity contribution in [3.05, 3.63) is 0 Å². The van der Waals surface area contributed by atoms with Crippen LogP contribution in [0.4, 0.5) is 0 Å². The second kappa shape index (κ2) is 7.10. The van der Waals surface area contributed by atoms with Crippen LogP contribution in [0.2, 0.25) is 0 Å². The van der Waals surface area contributed by atoms with E-state index in [0.29, 0.717) is 12.6 Å². The monoisotopic (exact) mass is 256 g/mol. The molecule has 4 nitrogen and oxygen atoms in total. The summed E-state index contributed by atoms with van der Waals surface area (Å²) in [4.78, 5) is 14.5. The fourth-order valence-electron chi connectivity index (χ4n) is 2.13. The van der Waals surface area contributed by atoms with E-state index in [1.54, 1.807) is 0 Å². The van der Waals surface area contributed by atoms with Crippen LogP contribution >= 0.6 is 0 Å². The van der Waals surface area contributed by atoms with Gasteiger partial charge in [0.15, 0.2) is 0 Å². The highest BCUT2D eigenvalue weighted by molar-refractivity contribution is 5.80. The van der Waals surface area contributed by atoms with Crippen molar-refractivity contribution in [1.29, 1.82) is 0 Å². The minimum atomic E-state index is -0.591. The molecule has 0 aromatic rings. The molecule has 0 aromatic carbocycles. The van der Waals surface area contributed by atoms with E-state index in [-0.39, 0.29) is 5.97 Å². The summed E-state index contributed by atoms with van der Waals surface area (Å²) in [5, 5.41) is 3.14. The second-order valence-corrected chi connectivity index (χ2v) is 5.36. The van der Waals surface area contributed by atoms with Gasteiger partial charge >= 0.3 is 5.97 Å². The predicted molar refractivity (Wildman–Crippen MR) is 73.6 cm³/mol. The lowest BCUT2D eigenvalue weighted by Gasteiger charge is -2.33. The lowest BCUT2D eigenvalue weighted by molar-refractivity contribution is -0.151. The van der Waals surface area contributed by atoms with E-state index in [1.807, 2.05) is 20.9 Å². The molecule has 1 fully saturated rings. The number of hydrogen-bond donors (Lipinski definition) is 1. The fourth-order valence-corrected chi connectivity index (χ4v) is 2.13. The molecule has 0 heterocycles. The highest BCUT2D eigenvalue weighted by Crippen LogP contribution is 2.28. The topological polar surface area (TPSA) is 41.6 Å². The average molecular weight is 256 g/mol. The zero-order valence-electron chi connectivity index (χ0n) is 12.3. The number of carbonyl (C=O) groups excluding carboxylic acids is 1. The highest BCUT2D eigenvalue weighted by atomic mass is 16.5. The maximum absolute atomic E-state index is 12.0. The maximum Gasteiger partial charge on any atom is 0.327 e. The van der Waals surface area contributed by atoms with Crippen LogP contribution in [0.5, 0.6) is 0 Å². The van der Waals surface area contributed by atoms with Gasteiger partial charge in [-0.2, -0.15) is 0 Å². The summed E-state index contributed by atoms with van der Waals surface area (Å²) in [7, 11) is 1.84. The van der Waals surface area contributed by atoms with E-state index in [4.69, 9.17) is 4.74 Å². The van der Waals surface area contributed by atoms with Gasteiger partial charge in [0.25, 0.3) is 0 Å². The Labute approximate surface area is 111 Å². The van der Waals surface area contributed by atoms with Crippen LogP contribution in [0.3, 0.4) is 0 Å². The average Bonchev–Trinajstić information content (AvgIpc) is 3.18. The first-order valence-corrected chi connectivity index (χ1v) is 7.17. The number of ether oxygens (including phenoxy) is 1. The van der Waals surface area contributed by atoms with E-state index < -0.39 is 5.54 Å². The van der Waals surface area contributed by atoms with E-state index in [0.717, 1.165) is 13.1 Å².